The molecule has 2 aromatic heterocycles. The van der Waals surface area contributed by atoms with E-state index < -0.39 is 11.6 Å². The van der Waals surface area contributed by atoms with Gasteiger partial charge in [-0.25, -0.2) is 4.98 Å². The molecule has 0 spiro atoms. The van der Waals surface area contributed by atoms with Crippen molar-refractivity contribution >= 4 is 33.3 Å². The van der Waals surface area contributed by atoms with Gasteiger partial charge >= 0.3 is 0 Å². The van der Waals surface area contributed by atoms with Gasteiger partial charge in [-0.2, -0.15) is 4.98 Å². The molecule has 0 saturated heterocycles. The Labute approximate surface area is 110 Å². The number of aromatic nitrogens is 2. The molecule has 1 unspecified atom stereocenters. The van der Waals surface area contributed by atoms with Crippen molar-refractivity contribution in [3.8, 4) is 0 Å². The SMILES string of the molecule is Cc1cc2c(NC(C)(C)C(C)O)nc(N)nc2s1. The smallest absolute Gasteiger partial charge is 0.223 e. The maximum atomic E-state index is 9.75. The standard InChI is InChI=1S/C12H18N4OS/c1-6-5-8-9(16-12(3,4)7(2)17)14-11(13)15-10(8)18-6/h5,7,17H,1-4H3,(H3,13,14,15,16). The second-order valence-electron chi connectivity index (χ2n) is 5.03. The van der Waals surface area contributed by atoms with Crippen molar-refractivity contribution in [2.45, 2.75) is 39.3 Å². The number of thiophene rings is 1. The van der Waals surface area contributed by atoms with Crippen molar-refractivity contribution in [3.63, 3.8) is 0 Å². The monoisotopic (exact) mass is 266 g/mol. The van der Waals surface area contributed by atoms with Crippen molar-refractivity contribution in [1.29, 1.82) is 0 Å². The molecule has 6 heteroatoms. The normalized spacial score (nSPS) is 13.8. The summed E-state index contributed by atoms with van der Waals surface area (Å²) in [5, 5.41) is 13.9. The lowest BCUT2D eigenvalue weighted by Gasteiger charge is -2.30. The molecular weight excluding hydrogens is 248 g/mol. The zero-order chi connectivity index (χ0) is 13.5. The average Bonchev–Trinajstić information content (AvgIpc) is 2.57. The van der Waals surface area contributed by atoms with Crippen LogP contribution in [0.5, 0.6) is 0 Å². The third kappa shape index (κ3) is 2.39. The Morgan fingerprint density at radius 3 is 2.72 bits per heavy atom. The zero-order valence-corrected chi connectivity index (χ0v) is 11.8. The number of nitrogen functional groups attached to an aromatic ring is 1. The summed E-state index contributed by atoms with van der Waals surface area (Å²) < 4.78 is 0. The number of nitrogens with one attached hydrogen (secondary N) is 1. The van der Waals surface area contributed by atoms with Gasteiger partial charge in [0.25, 0.3) is 0 Å². The molecule has 5 nitrogen and oxygen atoms in total. The molecule has 98 valence electrons. The lowest BCUT2D eigenvalue weighted by atomic mass is 9.99. The highest BCUT2D eigenvalue weighted by Crippen LogP contribution is 2.30. The van der Waals surface area contributed by atoms with E-state index in [2.05, 4.69) is 15.3 Å². The summed E-state index contributed by atoms with van der Waals surface area (Å²) in [4.78, 5) is 10.5. The van der Waals surface area contributed by atoms with Crippen LogP contribution in [0.3, 0.4) is 0 Å². The van der Waals surface area contributed by atoms with Crippen LogP contribution in [-0.2, 0) is 0 Å². The van der Waals surface area contributed by atoms with Crippen molar-refractivity contribution in [3.05, 3.63) is 10.9 Å². The van der Waals surface area contributed by atoms with Crippen molar-refractivity contribution < 1.29 is 5.11 Å². The van der Waals surface area contributed by atoms with Gasteiger partial charge in [-0.05, 0) is 33.8 Å². The summed E-state index contributed by atoms with van der Waals surface area (Å²) in [6.45, 7) is 7.60. The van der Waals surface area contributed by atoms with Gasteiger partial charge < -0.3 is 16.2 Å². The van der Waals surface area contributed by atoms with E-state index in [-0.39, 0.29) is 5.95 Å². The topological polar surface area (TPSA) is 84.1 Å². The van der Waals surface area contributed by atoms with Gasteiger partial charge in [0, 0.05) is 4.88 Å². The first-order valence-corrected chi connectivity index (χ1v) is 6.61. The zero-order valence-electron chi connectivity index (χ0n) is 11.0. The van der Waals surface area contributed by atoms with Crippen LogP contribution >= 0.6 is 11.3 Å². The molecule has 0 aromatic carbocycles. The summed E-state index contributed by atoms with van der Waals surface area (Å²) in [6, 6.07) is 2.03. The number of rotatable bonds is 3. The number of nitrogens with two attached hydrogens (primary N) is 1. The number of aliphatic hydroxyl groups excluding tert-OH is 1. The Balaban J connectivity index is 2.50. The Bertz CT molecular complexity index is 577. The molecular formula is C12H18N4OS. The minimum Gasteiger partial charge on any atom is -0.391 e. The van der Waals surface area contributed by atoms with Crippen LogP contribution in [0.15, 0.2) is 6.07 Å². The largest absolute Gasteiger partial charge is 0.391 e. The van der Waals surface area contributed by atoms with Gasteiger partial charge in [-0.1, -0.05) is 0 Å². The van der Waals surface area contributed by atoms with Gasteiger partial charge in [0.15, 0.2) is 0 Å². The Hall–Kier alpha value is -1.40. The lowest BCUT2D eigenvalue weighted by molar-refractivity contribution is 0.133. The van der Waals surface area contributed by atoms with Gasteiger partial charge in [0.1, 0.15) is 10.6 Å². The summed E-state index contributed by atoms with van der Waals surface area (Å²) >= 11 is 1.58. The van der Waals surface area contributed by atoms with E-state index in [0.717, 1.165) is 15.1 Å². The minimum atomic E-state index is -0.511. The molecule has 0 fully saturated rings. The van der Waals surface area contributed by atoms with Crippen LogP contribution in [0, 0.1) is 6.92 Å². The van der Waals surface area contributed by atoms with E-state index in [0.29, 0.717) is 5.82 Å². The molecule has 0 amide bonds. The Kier molecular flexibility index (Phi) is 3.16. The molecule has 18 heavy (non-hydrogen) atoms. The van der Waals surface area contributed by atoms with Gasteiger partial charge in [0.05, 0.1) is 17.0 Å². The van der Waals surface area contributed by atoms with E-state index in [9.17, 15) is 5.11 Å². The van der Waals surface area contributed by atoms with E-state index in [1.54, 1.807) is 18.3 Å². The van der Waals surface area contributed by atoms with Crippen LogP contribution in [0.4, 0.5) is 11.8 Å². The third-order valence-electron chi connectivity index (χ3n) is 3.02. The molecule has 0 radical (unpaired) electrons. The highest BCUT2D eigenvalue weighted by molar-refractivity contribution is 7.18. The number of hydrogen-bond acceptors (Lipinski definition) is 6. The molecule has 0 aliphatic carbocycles. The molecule has 0 aliphatic heterocycles. The predicted octanol–water partition coefficient (Wildman–Crippen LogP) is 2.15. The Morgan fingerprint density at radius 2 is 2.11 bits per heavy atom. The lowest BCUT2D eigenvalue weighted by Crippen LogP contribution is -2.42. The Morgan fingerprint density at radius 1 is 1.44 bits per heavy atom. The molecule has 2 heterocycles. The van der Waals surface area contributed by atoms with E-state index in [4.69, 9.17) is 5.73 Å². The van der Waals surface area contributed by atoms with Gasteiger partial charge in [-0.15, -0.1) is 11.3 Å². The molecule has 0 saturated carbocycles. The molecule has 1 atom stereocenters. The fraction of sp³-hybridized carbons (Fsp3) is 0.500. The van der Waals surface area contributed by atoms with Crippen LogP contribution in [-0.4, -0.2) is 26.7 Å². The first-order valence-electron chi connectivity index (χ1n) is 5.79. The third-order valence-corrected chi connectivity index (χ3v) is 3.96. The first kappa shape index (κ1) is 13.0. The van der Waals surface area contributed by atoms with Crippen molar-refractivity contribution in [2.24, 2.45) is 0 Å². The number of anilines is 2. The van der Waals surface area contributed by atoms with Crippen LogP contribution < -0.4 is 11.1 Å². The van der Waals surface area contributed by atoms with Crippen molar-refractivity contribution in [1.82, 2.24) is 9.97 Å². The summed E-state index contributed by atoms with van der Waals surface area (Å²) in [7, 11) is 0. The molecule has 2 rings (SSSR count). The molecule has 4 N–H and O–H groups in total. The van der Waals surface area contributed by atoms with E-state index in [1.807, 2.05) is 26.8 Å². The van der Waals surface area contributed by atoms with Crippen molar-refractivity contribution in [2.75, 3.05) is 11.1 Å². The highest BCUT2D eigenvalue weighted by Gasteiger charge is 2.25. The number of fused-ring (bicyclic) bond motifs is 1. The summed E-state index contributed by atoms with van der Waals surface area (Å²) in [5.74, 6) is 0.918. The quantitative estimate of drug-likeness (QED) is 0.792. The van der Waals surface area contributed by atoms with E-state index >= 15 is 0 Å². The van der Waals surface area contributed by atoms with Crippen LogP contribution in [0.1, 0.15) is 25.6 Å². The highest BCUT2D eigenvalue weighted by atomic mass is 32.1. The summed E-state index contributed by atoms with van der Waals surface area (Å²) in [5.41, 5.74) is 5.23. The predicted molar refractivity (Wildman–Crippen MR) is 75.9 cm³/mol. The fourth-order valence-electron chi connectivity index (χ4n) is 1.56. The van der Waals surface area contributed by atoms with Crippen LogP contribution in [0.2, 0.25) is 0 Å². The van der Waals surface area contributed by atoms with E-state index in [1.165, 1.54) is 0 Å². The maximum Gasteiger partial charge on any atom is 0.223 e. The molecule has 0 bridgehead atoms. The molecule has 2 aromatic rings. The average molecular weight is 266 g/mol. The number of nitrogens with zero attached hydrogens (tertiary/aromatic N) is 2. The number of aliphatic hydroxyl groups is 1. The fourth-order valence-corrected chi connectivity index (χ4v) is 2.45. The minimum absolute atomic E-state index is 0.244. The second kappa shape index (κ2) is 4.37. The van der Waals surface area contributed by atoms with Gasteiger partial charge in [0.2, 0.25) is 5.95 Å². The van der Waals surface area contributed by atoms with Gasteiger partial charge in [-0.3, -0.25) is 0 Å². The molecule has 0 aliphatic rings. The maximum absolute atomic E-state index is 9.75. The van der Waals surface area contributed by atoms with Crippen LogP contribution in [0.25, 0.3) is 10.2 Å². The number of aryl methyl sites for hydroxylation is 1. The second-order valence-corrected chi connectivity index (χ2v) is 6.26. The number of hydrogen-bond donors (Lipinski definition) is 3. The first-order chi connectivity index (χ1) is 8.29. The summed E-state index contributed by atoms with van der Waals surface area (Å²) in [6.07, 6.45) is -0.511.